The van der Waals surface area contributed by atoms with Gasteiger partial charge in [0.05, 0.1) is 18.7 Å². The second-order valence-corrected chi connectivity index (χ2v) is 6.05. The Labute approximate surface area is 149 Å². The SMILES string of the molecule is COC(=O)C(N)Cc1ccc(OC)c(COc2ccccc2Br)c1. The summed E-state index contributed by atoms with van der Waals surface area (Å²) in [6, 6.07) is 12.6. The van der Waals surface area contributed by atoms with E-state index < -0.39 is 12.0 Å². The van der Waals surface area contributed by atoms with Gasteiger partial charge < -0.3 is 19.9 Å². The Hall–Kier alpha value is -2.05. The van der Waals surface area contributed by atoms with E-state index in [-0.39, 0.29) is 0 Å². The third-order valence-corrected chi connectivity index (χ3v) is 4.18. The molecule has 0 saturated carbocycles. The Morgan fingerprint density at radius 2 is 1.92 bits per heavy atom. The maximum Gasteiger partial charge on any atom is 0.322 e. The molecule has 2 N–H and O–H groups in total. The van der Waals surface area contributed by atoms with Gasteiger partial charge in [-0.25, -0.2) is 0 Å². The van der Waals surface area contributed by atoms with Gasteiger partial charge in [-0.15, -0.1) is 0 Å². The summed E-state index contributed by atoms with van der Waals surface area (Å²) in [7, 11) is 2.93. The van der Waals surface area contributed by atoms with Crippen molar-refractivity contribution in [1.82, 2.24) is 0 Å². The molecule has 2 aromatic rings. The van der Waals surface area contributed by atoms with Crippen molar-refractivity contribution in [2.75, 3.05) is 14.2 Å². The molecular weight excluding hydrogens is 374 g/mol. The summed E-state index contributed by atoms with van der Waals surface area (Å²) >= 11 is 3.45. The van der Waals surface area contributed by atoms with E-state index in [0.717, 1.165) is 27.1 Å². The molecule has 24 heavy (non-hydrogen) atoms. The quantitative estimate of drug-likeness (QED) is 0.731. The monoisotopic (exact) mass is 393 g/mol. The summed E-state index contributed by atoms with van der Waals surface area (Å²) in [5.41, 5.74) is 7.62. The van der Waals surface area contributed by atoms with Crippen LogP contribution in [0.3, 0.4) is 0 Å². The van der Waals surface area contributed by atoms with Crippen molar-refractivity contribution in [1.29, 1.82) is 0 Å². The van der Waals surface area contributed by atoms with Crippen LogP contribution in [0.2, 0.25) is 0 Å². The zero-order valence-corrected chi connectivity index (χ0v) is 15.2. The molecule has 0 aliphatic carbocycles. The topological polar surface area (TPSA) is 70.8 Å². The highest BCUT2D eigenvalue weighted by Crippen LogP contribution is 2.27. The van der Waals surface area contributed by atoms with E-state index in [1.807, 2.05) is 42.5 Å². The fourth-order valence-corrected chi connectivity index (χ4v) is 2.68. The fourth-order valence-electron chi connectivity index (χ4n) is 2.28. The molecule has 2 aromatic carbocycles. The molecule has 128 valence electrons. The second kappa shape index (κ2) is 8.70. The molecule has 0 aliphatic rings. The zero-order valence-electron chi connectivity index (χ0n) is 13.6. The predicted molar refractivity (Wildman–Crippen MR) is 95.2 cm³/mol. The number of rotatable bonds is 7. The van der Waals surface area contributed by atoms with Crippen LogP contribution in [0.1, 0.15) is 11.1 Å². The van der Waals surface area contributed by atoms with Crippen molar-refractivity contribution in [3.05, 3.63) is 58.1 Å². The summed E-state index contributed by atoms with van der Waals surface area (Å²) < 4.78 is 16.8. The smallest absolute Gasteiger partial charge is 0.322 e. The third kappa shape index (κ3) is 4.72. The lowest BCUT2D eigenvalue weighted by atomic mass is 10.0. The van der Waals surface area contributed by atoms with Crippen molar-refractivity contribution < 1.29 is 19.0 Å². The minimum atomic E-state index is -0.694. The number of benzene rings is 2. The lowest BCUT2D eigenvalue weighted by Gasteiger charge is -2.14. The van der Waals surface area contributed by atoms with E-state index in [9.17, 15) is 4.79 Å². The third-order valence-electron chi connectivity index (χ3n) is 3.52. The van der Waals surface area contributed by atoms with E-state index in [2.05, 4.69) is 20.7 Å². The van der Waals surface area contributed by atoms with Crippen LogP contribution in [0.25, 0.3) is 0 Å². The number of carbonyl (C=O) groups is 1. The van der Waals surface area contributed by atoms with E-state index in [1.165, 1.54) is 7.11 Å². The van der Waals surface area contributed by atoms with Gasteiger partial charge in [-0.3, -0.25) is 4.79 Å². The molecule has 0 bridgehead atoms. The lowest BCUT2D eigenvalue weighted by Crippen LogP contribution is -2.33. The van der Waals surface area contributed by atoms with Crippen molar-refractivity contribution in [3.63, 3.8) is 0 Å². The minimum absolute atomic E-state index is 0.340. The van der Waals surface area contributed by atoms with Gasteiger partial charge in [-0.05, 0) is 52.2 Å². The summed E-state index contributed by atoms with van der Waals surface area (Å²) in [6.45, 7) is 0.340. The van der Waals surface area contributed by atoms with Crippen molar-refractivity contribution >= 4 is 21.9 Å². The molecule has 0 spiro atoms. The van der Waals surface area contributed by atoms with Crippen LogP contribution in [0.4, 0.5) is 0 Å². The maximum atomic E-state index is 11.5. The number of hydrogen-bond acceptors (Lipinski definition) is 5. The number of halogens is 1. The van der Waals surface area contributed by atoms with Gasteiger partial charge in [0.1, 0.15) is 24.1 Å². The zero-order chi connectivity index (χ0) is 17.5. The van der Waals surface area contributed by atoms with Crippen LogP contribution >= 0.6 is 15.9 Å². The molecule has 0 radical (unpaired) electrons. The van der Waals surface area contributed by atoms with Crippen LogP contribution < -0.4 is 15.2 Å². The molecule has 1 atom stereocenters. The number of hydrogen-bond donors (Lipinski definition) is 1. The molecule has 6 heteroatoms. The largest absolute Gasteiger partial charge is 0.496 e. The van der Waals surface area contributed by atoms with Gasteiger partial charge >= 0.3 is 5.97 Å². The first-order valence-electron chi connectivity index (χ1n) is 7.41. The first-order chi connectivity index (χ1) is 11.5. The molecule has 2 rings (SSSR count). The Morgan fingerprint density at radius 3 is 2.58 bits per heavy atom. The number of nitrogens with two attached hydrogens (primary N) is 1. The van der Waals surface area contributed by atoms with Crippen LogP contribution in [0, 0.1) is 0 Å². The molecule has 1 unspecified atom stereocenters. The molecule has 0 saturated heterocycles. The van der Waals surface area contributed by atoms with Gasteiger partial charge in [-0.2, -0.15) is 0 Å². The van der Waals surface area contributed by atoms with Crippen LogP contribution in [0.15, 0.2) is 46.9 Å². The van der Waals surface area contributed by atoms with Crippen molar-refractivity contribution in [3.8, 4) is 11.5 Å². The highest BCUT2D eigenvalue weighted by atomic mass is 79.9. The average molecular weight is 394 g/mol. The fraction of sp³-hybridized carbons (Fsp3) is 0.278. The summed E-state index contributed by atoms with van der Waals surface area (Å²) in [6.07, 6.45) is 0.388. The Bertz CT molecular complexity index is 705. The van der Waals surface area contributed by atoms with E-state index in [4.69, 9.17) is 15.2 Å². The molecule has 0 fully saturated rings. The normalized spacial score (nSPS) is 11.7. The number of para-hydroxylation sites is 1. The predicted octanol–water partition coefficient (Wildman–Crippen LogP) is 3.08. The Morgan fingerprint density at radius 1 is 1.17 bits per heavy atom. The molecule has 0 heterocycles. The van der Waals surface area contributed by atoms with E-state index in [0.29, 0.717) is 13.0 Å². The van der Waals surface area contributed by atoms with Crippen molar-refractivity contribution in [2.24, 2.45) is 5.73 Å². The molecular formula is C18H20BrNO4. The van der Waals surface area contributed by atoms with Gasteiger partial charge in [0, 0.05) is 5.56 Å². The standard InChI is InChI=1S/C18H20BrNO4/c1-22-16-8-7-12(10-15(20)18(21)23-2)9-13(16)11-24-17-6-4-3-5-14(17)19/h3-9,15H,10-11,20H2,1-2H3. The maximum absolute atomic E-state index is 11.5. The van der Waals surface area contributed by atoms with Crippen molar-refractivity contribution in [2.45, 2.75) is 19.1 Å². The number of methoxy groups -OCH3 is 2. The average Bonchev–Trinajstić information content (AvgIpc) is 2.60. The van der Waals surface area contributed by atoms with Gasteiger partial charge in [0.25, 0.3) is 0 Å². The molecule has 5 nitrogen and oxygen atoms in total. The van der Waals surface area contributed by atoms with Crippen LogP contribution in [-0.4, -0.2) is 26.2 Å². The first kappa shape index (κ1) is 18.3. The minimum Gasteiger partial charge on any atom is -0.496 e. The summed E-state index contributed by atoms with van der Waals surface area (Å²) in [5.74, 6) is 1.03. The molecule has 0 amide bonds. The van der Waals surface area contributed by atoms with Gasteiger partial charge in [-0.1, -0.05) is 18.2 Å². The second-order valence-electron chi connectivity index (χ2n) is 5.20. The highest BCUT2D eigenvalue weighted by molar-refractivity contribution is 9.10. The number of carbonyl (C=O) groups excluding carboxylic acids is 1. The first-order valence-corrected chi connectivity index (χ1v) is 8.21. The lowest BCUT2D eigenvalue weighted by molar-refractivity contribution is -0.142. The highest BCUT2D eigenvalue weighted by Gasteiger charge is 2.15. The molecule has 0 aliphatic heterocycles. The van der Waals surface area contributed by atoms with Gasteiger partial charge in [0.2, 0.25) is 0 Å². The summed E-state index contributed by atoms with van der Waals surface area (Å²) in [4.78, 5) is 11.5. The van der Waals surface area contributed by atoms with E-state index in [1.54, 1.807) is 7.11 Å². The van der Waals surface area contributed by atoms with Crippen LogP contribution in [-0.2, 0) is 22.6 Å². The van der Waals surface area contributed by atoms with Crippen LogP contribution in [0.5, 0.6) is 11.5 Å². The number of esters is 1. The van der Waals surface area contributed by atoms with Gasteiger partial charge in [0.15, 0.2) is 0 Å². The Balaban J connectivity index is 2.14. The molecule has 0 aromatic heterocycles. The van der Waals surface area contributed by atoms with E-state index >= 15 is 0 Å². The number of ether oxygens (including phenoxy) is 3. The Kier molecular flexibility index (Phi) is 6.63. The summed E-state index contributed by atoms with van der Waals surface area (Å²) in [5, 5.41) is 0.